The Morgan fingerprint density at radius 2 is 1.25 bits per heavy atom. The molecule has 0 N–H and O–H groups in total. The van der Waals surface area contributed by atoms with Gasteiger partial charge >= 0.3 is 0 Å². The van der Waals surface area contributed by atoms with E-state index < -0.39 is 0 Å². The summed E-state index contributed by atoms with van der Waals surface area (Å²) in [6.45, 7) is 18.4. The second kappa shape index (κ2) is 3.40. The molecule has 1 atom stereocenters. The van der Waals surface area contributed by atoms with Gasteiger partial charge in [0.05, 0.1) is 0 Å². The molecule has 0 fully saturated rings. The van der Waals surface area contributed by atoms with Crippen molar-refractivity contribution in [1.82, 2.24) is 0 Å². The second-order valence-corrected chi connectivity index (χ2v) is 6.02. The zero-order valence-corrected chi connectivity index (χ0v) is 10.1. The van der Waals surface area contributed by atoms with Crippen LogP contribution in [0.2, 0.25) is 0 Å². The van der Waals surface area contributed by atoms with Crippen molar-refractivity contribution in [3.63, 3.8) is 0 Å². The summed E-state index contributed by atoms with van der Waals surface area (Å²) in [4.78, 5) is 0. The molecule has 0 heteroatoms. The van der Waals surface area contributed by atoms with E-state index in [0.29, 0.717) is 16.7 Å². The van der Waals surface area contributed by atoms with E-state index in [2.05, 4.69) is 55.4 Å². The highest BCUT2D eigenvalue weighted by molar-refractivity contribution is 5.03. The van der Waals surface area contributed by atoms with E-state index in [0.717, 1.165) is 0 Å². The Bertz CT molecular complexity index is 113. The molecule has 1 radical (unpaired) electrons. The van der Waals surface area contributed by atoms with Crippen molar-refractivity contribution in [2.75, 3.05) is 0 Å². The molecular weight excluding hydrogens is 144 g/mol. The molecule has 0 amide bonds. The second-order valence-electron chi connectivity index (χ2n) is 6.02. The van der Waals surface area contributed by atoms with Gasteiger partial charge in [0, 0.05) is 0 Å². The van der Waals surface area contributed by atoms with Gasteiger partial charge < -0.3 is 0 Å². The third-order valence-electron chi connectivity index (χ3n) is 3.13. The van der Waals surface area contributed by atoms with Gasteiger partial charge in [-0.2, -0.15) is 0 Å². The molecule has 1 unspecified atom stereocenters. The zero-order valence-electron chi connectivity index (χ0n) is 10.1. The Balaban J connectivity index is 4.41. The Hall–Kier alpha value is 0. The van der Waals surface area contributed by atoms with E-state index in [1.54, 1.807) is 5.92 Å². The molecule has 0 aromatic heterocycles. The van der Waals surface area contributed by atoms with Crippen molar-refractivity contribution in [3.05, 3.63) is 5.92 Å². The van der Waals surface area contributed by atoms with E-state index >= 15 is 0 Å². The SMILES string of the molecule is C[C](C(C)C(C)(C)C)C(C)(C)C. The summed E-state index contributed by atoms with van der Waals surface area (Å²) in [7, 11) is 0. The van der Waals surface area contributed by atoms with Crippen LogP contribution in [0.3, 0.4) is 0 Å². The molecule has 0 saturated carbocycles. The minimum Gasteiger partial charge on any atom is -0.0614 e. The molecule has 0 spiro atoms. The smallest absolute Gasteiger partial charge is 0.0185 e. The van der Waals surface area contributed by atoms with Gasteiger partial charge in [0.15, 0.2) is 0 Å². The monoisotopic (exact) mass is 169 g/mol. The lowest BCUT2D eigenvalue weighted by molar-refractivity contribution is 0.218. The molecule has 0 aliphatic carbocycles. The minimum atomic E-state index is 0.354. The Kier molecular flexibility index (Phi) is 3.40. The van der Waals surface area contributed by atoms with Crippen molar-refractivity contribution in [2.24, 2.45) is 16.7 Å². The average molecular weight is 169 g/mol. The fourth-order valence-corrected chi connectivity index (χ4v) is 1.30. The van der Waals surface area contributed by atoms with Crippen LogP contribution in [0.1, 0.15) is 55.4 Å². The van der Waals surface area contributed by atoms with Crippen LogP contribution in [-0.4, -0.2) is 0 Å². The van der Waals surface area contributed by atoms with Crippen LogP contribution in [0.5, 0.6) is 0 Å². The quantitative estimate of drug-likeness (QED) is 0.548. The maximum absolute atomic E-state index is 2.33. The van der Waals surface area contributed by atoms with Gasteiger partial charge in [-0.1, -0.05) is 55.4 Å². The standard InChI is InChI=1S/C12H25/c1-9(11(3,4)5)10(2)12(6,7)8/h9H,1-8H3. The van der Waals surface area contributed by atoms with Crippen molar-refractivity contribution in [3.8, 4) is 0 Å². The molecule has 0 saturated heterocycles. The minimum absolute atomic E-state index is 0.354. The first-order chi connectivity index (χ1) is 5.07. The summed E-state index contributed by atoms with van der Waals surface area (Å²) in [5, 5.41) is 0. The summed E-state index contributed by atoms with van der Waals surface area (Å²) >= 11 is 0. The summed E-state index contributed by atoms with van der Waals surface area (Å²) in [5.41, 5.74) is 0.754. The Morgan fingerprint density at radius 3 is 1.33 bits per heavy atom. The van der Waals surface area contributed by atoms with Crippen LogP contribution in [0, 0.1) is 22.7 Å². The van der Waals surface area contributed by atoms with Gasteiger partial charge in [-0.15, -0.1) is 0 Å². The predicted molar refractivity (Wildman–Crippen MR) is 57.0 cm³/mol. The molecule has 0 bridgehead atoms. The fraction of sp³-hybridized carbons (Fsp3) is 0.917. The maximum atomic E-state index is 2.33. The van der Waals surface area contributed by atoms with Crippen molar-refractivity contribution >= 4 is 0 Å². The largest absolute Gasteiger partial charge is 0.0614 e. The highest BCUT2D eigenvalue weighted by atomic mass is 14.4. The van der Waals surface area contributed by atoms with E-state index in [1.807, 2.05) is 0 Å². The topological polar surface area (TPSA) is 0 Å². The molecule has 73 valence electrons. The first kappa shape index (κ1) is 12.0. The van der Waals surface area contributed by atoms with Crippen LogP contribution < -0.4 is 0 Å². The van der Waals surface area contributed by atoms with Crippen LogP contribution in [0.15, 0.2) is 0 Å². The average Bonchev–Trinajstić information content (AvgIpc) is 1.80. The molecule has 0 aliphatic rings. The van der Waals surface area contributed by atoms with Gasteiger partial charge in [0.2, 0.25) is 0 Å². The van der Waals surface area contributed by atoms with Crippen LogP contribution in [-0.2, 0) is 0 Å². The number of rotatable bonds is 1. The van der Waals surface area contributed by atoms with E-state index in [4.69, 9.17) is 0 Å². The van der Waals surface area contributed by atoms with Crippen LogP contribution in [0.25, 0.3) is 0 Å². The summed E-state index contributed by atoms with van der Waals surface area (Å²) in [6.07, 6.45) is 0. The third-order valence-corrected chi connectivity index (χ3v) is 3.13. The first-order valence-corrected chi connectivity index (χ1v) is 4.90. The van der Waals surface area contributed by atoms with Gasteiger partial charge in [-0.25, -0.2) is 0 Å². The predicted octanol–water partition coefficient (Wildman–Crippen LogP) is 4.31. The molecule has 0 aliphatic heterocycles. The fourth-order valence-electron chi connectivity index (χ4n) is 1.30. The number of hydrogen-bond acceptors (Lipinski definition) is 0. The van der Waals surface area contributed by atoms with Crippen molar-refractivity contribution in [1.29, 1.82) is 0 Å². The lowest BCUT2D eigenvalue weighted by atomic mass is 9.66. The molecule has 0 heterocycles. The first-order valence-electron chi connectivity index (χ1n) is 4.90. The van der Waals surface area contributed by atoms with Crippen molar-refractivity contribution < 1.29 is 0 Å². The molecule has 0 nitrogen and oxygen atoms in total. The van der Waals surface area contributed by atoms with Gasteiger partial charge in [0.1, 0.15) is 0 Å². The van der Waals surface area contributed by atoms with Crippen LogP contribution in [0.4, 0.5) is 0 Å². The molecular formula is C12H25. The van der Waals surface area contributed by atoms with Gasteiger partial charge in [0.25, 0.3) is 0 Å². The number of hydrogen-bond donors (Lipinski definition) is 0. The van der Waals surface area contributed by atoms with Crippen LogP contribution >= 0.6 is 0 Å². The molecule has 0 aromatic carbocycles. The lowest BCUT2D eigenvalue weighted by Gasteiger charge is -2.39. The molecule has 0 aromatic rings. The van der Waals surface area contributed by atoms with Gasteiger partial charge in [-0.3, -0.25) is 0 Å². The zero-order chi connectivity index (χ0) is 10.2. The van der Waals surface area contributed by atoms with E-state index in [9.17, 15) is 0 Å². The van der Waals surface area contributed by atoms with E-state index in [1.165, 1.54) is 0 Å². The molecule has 12 heavy (non-hydrogen) atoms. The Labute approximate surface area is 78.8 Å². The highest BCUT2D eigenvalue weighted by Crippen LogP contribution is 2.41. The maximum Gasteiger partial charge on any atom is -0.0185 e. The summed E-state index contributed by atoms with van der Waals surface area (Å²) in [6, 6.07) is 0. The summed E-state index contributed by atoms with van der Waals surface area (Å²) < 4.78 is 0. The van der Waals surface area contributed by atoms with Crippen molar-refractivity contribution in [2.45, 2.75) is 55.4 Å². The lowest BCUT2D eigenvalue weighted by Crippen LogP contribution is -2.30. The highest BCUT2D eigenvalue weighted by Gasteiger charge is 2.32. The Morgan fingerprint density at radius 1 is 0.917 bits per heavy atom. The van der Waals surface area contributed by atoms with Gasteiger partial charge in [-0.05, 0) is 22.7 Å². The van der Waals surface area contributed by atoms with E-state index in [-0.39, 0.29) is 0 Å². The molecule has 0 rings (SSSR count). The third kappa shape index (κ3) is 3.16. The summed E-state index contributed by atoms with van der Waals surface area (Å²) in [5.74, 6) is 2.30. The normalized spacial score (nSPS) is 16.8.